The highest BCUT2D eigenvalue weighted by molar-refractivity contribution is 9.10. The van der Waals surface area contributed by atoms with Gasteiger partial charge in [-0.1, -0.05) is 6.07 Å². The Kier molecular flexibility index (Phi) is 8.35. The Bertz CT molecular complexity index is 1180. The second-order valence-corrected chi connectivity index (χ2v) is 8.73. The van der Waals surface area contributed by atoms with Crippen LogP contribution in [0.15, 0.2) is 53.1 Å². The summed E-state index contributed by atoms with van der Waals surface area (Å²) in [6.07, 6.45) is 5.15. The zero-order chi connectivity index (χ0) is 24.0. The Morgan fingerprint density at radius 1 is 1.18 bits per heavy atom. The Morgan fingerprint density at radius 2 is 1.97 bits per heavy atom. The Morgan fingerprint density at radius 3 is 2.70 bits per heavy atom. The van der Waals surface area contributed by atoms with Crippen LogP contribution < -0.4 is 10.6 Å². The largest absolute Gasteiger partial charge is 0.361 e. The van der Waals surface area contributed by atoms with E-state index in [0.717, 1.165) is 16.5 Å². The molecular formula is C24H25BrF2N4O2. The topological polar surface area (TPSA) is 77.2 Å². The van der Waals surface area contributed by atoms with E-state index < -0.39 is 17.8 Å². The number of fused-ring (bicyclic) bond motifs is 1. The highest BCUT2D eigenvalue weighted by Crippen LogP contribution is 2.20. The molecule has 33 heavy (non-hydrogen) atoms. The minimum absolute atomic E-state index is 0.299. The summed E-state index contributed by atoms with van der Waals surface area (Å²) in [5.41, 5.74) is 2.36. The number of benzene rings is 2. The second kappa shape index (κ2) is 11.2. The fraction of sp³-hybridized carbons (Fsp3) is 0.250. The van der Waals surface area contributed by atoms with Gasteiger partial charge in [0.25, 0.3) is 0 Å². The van der Waals surface area contributed by atoms with Crippen molar-refractivity contribution in [2.24, 2.45) is 0 Å². The third kappa shape index (κ3) is 6.97. The van der Waals surface area contributed by atoms with Crippen LogP contribution in [0.2, 0.25) is 0 Å². The van der Waals surface area contributed by atoms with E-state index >= 15 is 0 Å². The van der Waals surface area contributed by atoms with Crippen molar-refractivity contribution >= 4 is 44.7 Å². The fourth-order valence-corrected chi connectivity index (χ4v) is 3.76. The quantitative estimate of drug-likeness (QED) is 0.378. The zero-order valence-corrected chi connectivity index (χ0v) is 19.9. The average Bonchev–Trinajstić information content (AvgIpc) is 3.15. The third-order valence-electron chi connectivity index (χ3n) is 4.97. The van der Waals surface area contributed by atoms with Gasteiger partial charge < -0.3 is 20.5 Å². The summed E-state index contributed by atoms with van der Waals surface area (Å²) >= 11 is 3.11. The number of amides is 2. The normalized spacial score (nSPS) is 12.4. The number of aromatic amines is 1. The Balaban J connectivity index is 1.58. The second-order valence-electron chi connectivity index (χ2n) is 7.88. The van der Waals surface area contributed by atoms with Gasteiger partial charge in [-0.15, -0.1) is 0 Å². The third-order valence-corrected chi connectivity index (χ3v) is 5.58. The highest BCUT2D eigenvalue weighted by atomic mass is 79.9. The molecule has 9 heteroatoms. The molecular weight excluding hydrogens is 494 g/mol. The maximum absolute atomic E-state index is 13.5. The van der Waals surface area contributed by atoms with Gasteiger partial charge in [-0.2, -0.15) is 0 Å². The molecule has 174 valence electrons. The number of rotatable bonds is 9. The van der Waals surface area contributed by atoms with Crippen molar-refractivity contribution in [3.05, 3.63) is 75.9 Å². The van der Waals surface area contributed by atoms with Gasteiger partial charge in [-0.3, -0.25) is 9.59 Å². The number of carbonyl (C=O) groups is 2. The number of halogens is 3. The number of hydrogen-bond acceptors (Lipinski definition) is 3. The number of likely N-dealkylation sites (N-methyl/N-ethyl adjacent to an activating group) is 1. The number of carbonyl (C=O) groups excluding carboxylic acids is 2. The molecule has 0 radical (unpaired) electrons. The van der Waals surface area contributed by atoms with Crippen LogP contribution in [0, 0.1) is 11.6 Å². The number of aromatic nitrogens is 1. The molecule has 0 aliphatic rings. The smallest absolute Gasteiger partial charge is 0.244 e. The van der Waals surface area contributed by atoms with Gasteiger partial charge in [-0.25, -0.2) is 8.78 Å². The lowest BCUT2D eigenvalue weighted by atomic mass is 10.1. The van der Waals surface area contributed by atoms with Crippen LogP contribution in [-0.2, 0) is 16.0 Å². The summed E-state index contributed by atoms with van der Waals surface area (Å²) in [6, 6.07) is 8.16. The van der Waals surface area contributed by atoms with Crippen LogP contribution in [0.4, 0.5) is 8.78 Å². The molecule has 0 fully saturated rings. The van der Waals surface area contributed by atoms with Crippen LogP contribution in [-0.4, -0.2) is 54.9 Å². The first-order valence-electron chi connectivity index (χ1n) is 10.3. The van der Waals surface area contributed by atoms with Crippen molar-refractivity contribution in [3.8, 4) is 0 Å². The number of nitrogens with zero attached hydrogens (tertiary/aromatic N) is 1. The molecule has 3 N–H and O–H groups in total. The van der Waals surface area contributed by atoms with Gasteiger partial charge in [0.2, 0.25) is 11.8 Å². The average molecular weight is 519 g/mol. The molecule has 0 bridgehead atoms. The molecule has 1 aromatic heterocycles. The molecule has 0 aliphatic heterocycles. The van der Waals surface area contributed by atoms with Gasteiger partial charge in [-0.05, 0) is 84.0 Å². The van der Waals surface area contributed by atoms with Crippen LogP contribution >= 0.6 is 15.9 Å². The molecule has 0 spiro atoms. The first-order valence-corrected chi connectivity index (χ1v) is 11.1. The Hall–Kier alpha value is -3.04. The predicted octanol–water partition coefficient (Wildman–Crippen LogP) is 3.63. The molecule has 1 heterocycles. The van der Waals surface area contributed by atoms with Gasteiger partial charge >= 0.3 is 0 Å². The Labute approximate surface area is 199 Å². The van der Waals surface area contributed by atoms with E-state index in [2.05, 4.69) is 31.5 Å². The first-order chi connectivity index (χ1) is 15.7. The van der Waals surface area contributed by atoms with Crippen LogP contribution in [0.5, 0.6) is 0 Å². The van der Waals surface area contributed by atoms with Crippen molar-refractivity contribution in [2.45, 2.75) is 12.5 Å². The first kappa shape index (κ1) is 24.6. The van der Waals surface area contributed by atoms with Gasteiger partial charge in [0, 0.05) is 36.3 Å². The predicted molar refractivity (Wildman–Crippen MR) is 129 cm³/mol. The van der Waals surface area contributed by atoms with Gasteiger partial charge in [0.1, 0.15) is 17.7 Å². The molecule has 2 aromatic carbocycles. The highest BCUT2D eigenvalue weighted by Gasteiger charge is 2.20. The number of nitrogens with one attached hydrogen (secondary N) is 3. The maximum atomic E-state index is 13.5. The van der Waals surface area contributed by atoms with E-state index in [0.29, 0.717) is 29.5 Å². The molecule has 1 atom stereocenters. The van der Waals surface area contributed by atoms with E-state index in [1.54, 1.807) is 49.5 Å². The summed E-state index contributed by atoms with van der Waals surface area (Å²) in [4.78, 5) is 30.0. The molecule has 3 aromatic rings. The molecule has 0 saturated carbocycles. The number of H-pyrrole nitrogens is 1. The summed E-state index contributed by atoms with van der Waals surface area (Å²) < 4.78 is 27.2. The van der Waals surface area contributed by atoms with Crippen molar-refractivity contribution in [2.75, 3.05) is 27.2 Å². The van der Waals surface area contributed by atoms with Gasteiger partial charge in [0.15, 0.2) is 0 Å². The zero-order valence-electron chi connectivity index (χ0n) is 18.3. The van der Waals surface area contributed by atoms with E-state index in [-0.39, 0.29) is 11.7 Å². The van der Waals surface area contributed by atoms with E-state index in [9.17, 15) is 18.4 Å². The van der Waals surface area contributed by atoms with Crippen LogP contribution in [0.25, 0.3) is 17.0 Å². The van der Waals surface area contributed by atoms with Crippen molar-refractivity contribution < 1.29 is 18.4 Å². The fourth-order valence-electron chi connectivity index (χ4n) is 3.37. The van der Waals surface area contributed by atoms with Crippen molar-refractivity contribution in [3.63, 3.8) is 0 Å². The van der Waals surface area contributed by atoms with Crippen molar-refractivity contribution in [1.82, 2.24) is 20.5 Å². The SMILES string of the molecule is CN(C)CC(NC(=O)C=Cc1ccc(F)c(Br)c1)C(=O)NCCc1c[nH]c2ccc(F)cc12. The minimum Gasteiger partial charge on any atom is -0.361 e. The standard InChI is InChI=1S/C24H25BrF2N4O2/c1-31(2)14-22(30-23(32)8-4-15-3-6-20(27)19(25)11-15)24(33)28-10-9-16-13-29-21-7-5-17(26)12-18(16)21/h3-8,11-13,22,29H,9-10,14H2,1-2H3,(H,28,33)(H,30,32). The van der Waals surface area contributed by atoms with Gasteiger partial charge in [0.05, 0.1) is 4.47 Å². The van der Waals surface area contributed by atoms with Crippen LogP contribution in [0.1, 0.15) is 11.1 Å². The molecule has 3 rings (SSSR count). The monoisotopic (exact) mass is 518 g/mol. The lowest BCUT2D eigenvalue weighted by Gasteiger charge is -2.21. The molecule has 0 aliphatic carbocycles. The van der Waals surface area contributed by atoms with Crippen LogP contribution in [0.3, 0.4) is 0 Å². The molecule has 0 saturated heterocycles. The summed E-state index contributed by atoms with van der Waals surface area (Å²) in [5.74, 6) is -1.47. The maximum Gasteiger partial charge on any atom is 0.244 e. The van der Waals surface area contributed by atoms with E-state index in [4.69, 9.17) is 0 Å². The summed E-state index contributed by atoms with van der Waals surface area (Å²) in [5, 5.41) is 6.32. The number of hydrogen-bond donors (Lipinski definition) is 3. The molecule has 6 nitrogen and oxygen atoms in total. The molecule has 1 unspecified atom stereocenters. The lowest BCUT2D eigenvalue weighted by Crippen LogP contribution is -2.51. The van der Waals surface area contributed by atoms with Crippen molar-refractivity contribution in [1.29, 1.82) is 0 Å². The van der Waals surface area contributed by atoms with E-state index in [1.165, 1.54) is 24.3 Å². The summed E-state index contributed by atoms with van der Waals surface area (Å²) in [6.45, 7) is 0.646. The lowest BCUT2D eigenvalue weighted by molar-refractivity contribution is -0.127. The van der Waals surface area contributed by atoms with E-state index in [1.807, 2.05) is 0 Å². The molecule has 2 amide bonds. The summed E-state index contributed by atoms with van der Waals surface area (Å²) in [7, 11) is 3.61. The minimum atomic E-state index is -0.766.